The summed E-state index contributed by atoms with van der Waals surface area (Å²) in [6, 6.07) is 1.96. The molecule has 0 aromatic carbocycles. The van der Waals surface area contributed by atoms with Crippen molar-refractivity contribution >= 4 is 17.3 Å². The number of hydrogen-bond acceptors (Lipinski definition) is 6. The fourth-order valence-electron chi connectivity index (χ4n) is 2.99. The first-order chi connectivity index (χ1) is 11.8. The van der Waals surface area contributed by atoms with Crippen LogP contribution in [-0.4, -0.2) is 46.0 Å². The first-order valence-corrected chi connectivity index (χ1v) is 8.81. The lowest BCUT2D eigenvalue weighted by Gasteiger charge is -2.36. The Kier molecular flexibility index (Phi) is 4.88. The van der Waals surface area contributed by atoms with Crippen LogP contribution in [0, 0.1) is 6.92 Å². The average molecular weight is 366 g/mol. The van der Waals surface area contributed by atoms with Crippen molar-refractivity contribution in [2.45, 2.75) is 39.8 Å². The van der Waals surface area contributed by atoms with Crippen molar-refractivity contribution < 1.29 is 4.52 Å². The molecule has 1 aliphatic heterocycles. The van der Waals surface area contributed by atoms with E-state index in [1.165, 1.54) is 4.68 Å². The Hall–Kier alpha value is -1.86. The number of piperazine rings is 1. The quantitative estimate of drug-likeness (QED) is 0.831. The second-order valence-corrected chi connectivity index (χ2v) is 7.80. The number of hydrogen-bond donors (Lipinski definition) is 0. The number of nitrogens with zero attached hydrogens (tertiary/aromatic N) is 5. The SMILES string of the molecule is Cc1cc(CN2CCN(c3cnn(C(C)(C)C)c(=O)c3Cl)CC2)no1. The summed E-state index contributed by atoms with van der Waals surface area (Å²) < 4.78 is 6.55. The van der Waals surface area contributed by atoms with Crippen molar-refractivity contribution in [3.05, 3.63) is 39.1 Å². The summed E-state index contributed by atoms with van der Waals surface area (Å²) in [6.45, 7) is 11.8. The van der Waals surface area contributed by atoms with E-state index in [2.05, 4.69) is 20.1 Å². The van der Waals surface area contributed by atoms with Gasteiger partial charge in [0, 0.05) is 38.8 Å². The van der Waals surface area contributed by atoms with Gasteiger partial charge in [0.15, 0.2) is 0 Å². The predicted octanol–water partition coefficient (Wildman–Crippen LogP) is 2.27. The van der Waals surface area contributed by atoms with Crippen LogP contribution < -0.4 is 10.5 Å². The molecule has 0 bridgehead atoms. The zero-order valence-electron chi connectivity index (χ0n) is 15.1. The van der Waals surface area contributed by atoms with Crippen molar-refractivity contribution in [2.75, 3.05) is 31.1 Å². The van der Waals surface area contributed by atoms with Gasteiger partial charge in [0.1, 0.15) is 10.8 Å². The van der Waals surface area contributed by atoms with Crippen LogP contribution in [0.25, 0.3) is 0 Å². The molecular formula is C17H24ClN5O2. The van der Waals surface area contributed by atoms with E-state index in [0.29, 0.717) is 5.69 Å². The molecule has 1 saturated heterocycles. The lowest BCUT2D eigenvalue weighted by molar-refractivity contribution is 0.241. The molecule has 1 fully saturated rings. The van der Waals surface area contributed by atoms with Gasteiger partial charge >= 0.3 is 0 Å². The summed E-state index contributed by atoms with van der Waals surface area (Å²) >= 11 is 6.36. The Morgan fingerprint density at radius 1 is 1.24 bits per heavy atom. The average Bonchev–Trinajstić information content (AvgIpc) is 2.95. The van der Waals surface area contributed by atoms with E-state index in [1.54, 1.807) is 6.20 Å². The minimum atomic E-state index is -0.395. The van der Waals surface area contributed by atoms with Gasteiger partial charge in [-0.15, -0.1) is 0 Å². The molecule has 0 spiro atoms. The van der Waals surface area contributed by atoms with E-state index in [0.717, 1.165) is 44.2 Å². The molecule has 8 heteroatoms. The first-order valence-electron chi connectivity index (χ1n) is 8.43. The van der Waals surface area contributed by atoms with Crippen molar-refractivity contribution in [3.63, 3.8) is 0 Å². The summed E-state index contributed by atoms with van der Waals surface area (Å²) in [5, 5.41) is 8.60. The van der Waals surface area contributed by atoms with E-state index < -0.39 is 5.54 Å². The smallest absolute Gasteiger partial charge is 0.288 e. The maximum absolute atomic E-state index is 12.5. The third-order valence-corrected chi connectivity index (χ3v) is 4.67. The van der Waals surface area contributed by atoms with Crippen molar-refractivity contribution in [2.24, 2.45) is 0 Å². The molecule has 0 saturated carbocycles. The van der Waals surface area contributed by atoms with Gasteiger partial charge in [0.2, 0.25) is 0 Å². The third kappa shape index (κ3) is 3.88. The number of aryl methyl sites for hydroxylation is 1. The molecule has 2 aromatic heterocycles. The molecule has 0 radical (unpaired) electrons. The van der Waals surface area contributed by atoms with Gasteiger partial charge in [-0.3, -0.25) is 9.69 Å². The Bertz CT molecular complexity index is 800. The van der Waals surface area contributed by atoms with Gasteiger partial charge in [-0.25, -0.2) is 4.68 Å². The third-order valence-electron chi connectivity index (χ3n) is 4.31. The zero-order valence-corrected chi connectivity index (χ0v) is 15.9. The van der Waals surface area contributed by atoms with Crippen LogP contribution in [0.2, 0.25) is 5.02 Å². The summed E-state index contributed by atoms with van der Waals surface area (Å²) in [6.07, 6.45) is 1.70. The highest BCUT2D eigenvalue weighted by Gasteiger charge is 2.24. The van der Waals surface area contributed by atoms with E-state index in [1.807, 2.05) is 33.8 Å². The van der Waals surface area contributed by atoms with Crippen LogP contribution in [0.5, 0.6) is 0 Å². The molecule has 2 aromatic rings. The van der Waals surface area contributed by atoms with Gasteiger partial charge in [-0.2, -0.15) is 5.10 Å². The summed E-state index contributed by atoms with van der Waals surface area (Å²) in [7, 11) is 0. The Morgan fingerprint density at radius 3 is 2.48 bits per heavy atom. The standard InChI is InChI=1S/C17H24ClN5O2/c1-12-9-13(20-25-12)11-21-5-7-22(8-6-21)14-10-19-23(17(2,3)4)16(24)15(14)18/h9-10H,5-8,11H2,1-4H3. The predicted molar refractivity (Wildman–Crippen MR) is 97.2 cm³/mol. The second-order valence-electron chi connectivity index (χ2n) is 7.42. The van der Waals surface area contributed by atoms with Gasteiger partial charge < -0.3 is 9.42 Å². The van der Waals surface area contributed by atoms with Gasteiger partial charge in [0.25, 0.3) is 5.56 Å². The molecule has 0 atom stereocenters. The van der Waals surface area contributed by atoms with E-state index in [4.69, 9.17) is 16.1 Å². The molecule has 3 heterocycles. The molecule has 3 rings (SSSR count). The lowest BCUT2D eigenvalue weighted by Crippen LogP contribution is -2.47. The highest BCUT2D eigenvalue weighted by molar-refractivity contribution is 6.33. The normalized spacial score (nSPS) is 16.4. The van der Waals surface area contributed by atoms with Crippen LogP contribution in [0.4, 0.5) is 5.69 Å². The second kappa shape index (κ2) is 6.80. The number of halogens is 1. The van der Waals surface area contributed by atoms with Crippen LogP contribution in [0.1, 0.15) is 32.2 Å². The molecular weight excluding hydrogens is 342 g/mol. The monoisotopic (exact) mass is 365 g/mol. The molecule has 0 amide bonds. The zero-order chi connectivity index (χ0) is 18.2. The minimum absolute atomic E-state index is 0.241. The molecule has 25 heavy (non-hydrogen) atoms. The highest BCUT2D eigenvalue weighted by atomic mass is 35.5. The van der Waals surface area contributed by atoms with Crippen molar-refractivity contribution in [3.8, 4) is 0 Å². The Balaban J connectivity index is 1.69. The number of anilines is 1. The van der Waals surface area contributed by atoms with E-state index in [9.17, 15) is 4.79 Å². The number of aromatic nitrogens is 3. The molecule has 1 aliphatic rings. The van der Waals surface area contributed by atoms with E-state index in [-0.39, 0.29) is 10.6 Å². The summed E-state index contributed by atoms with van der Waals surface area (Å²) in [5.41, 5.74) is 1.02. The van der Waals surface area contributed by atoms with E-state index >= 15 is 0 Å². The fourth-order valence-corrected chi connectivity index (χ4v) is 3.24. The van der Waals surface area contributed by atoms with Gasteiger partial charge in [0.05, 0.1) is 23.1 Å². The Morgan fingerprint density at radius 2 is 1.92 bits per heavy atom. The summed E-state index contributed by atoms with van der Waals surface area (Å²) in [5.74, 6) is 0.825. The maximum Gasteiger partial charge on any atom is 0.288 e. The van der Waals surface area contributed by atoms with Crippen LogP contribution in [0.15, 0.2) is 21.6 Å². The molecule has 0 N–H and O–H groups in total. The fraction of sp³-hybridized carbons (Fsp3) is 0.588. The van der Waals surface area contributed by atoms with Crippen LogP contribution >= 0.6 is 11.6 Å². The topological polar surface area (TPSA) is 67.4 Å². The van der Waals surface area contributed by atoms with Crippen LogP contribution in [-0.2, 0) is 12.1 Å². The summed E-state index contributed by atoms with van der Waals surface area (Å²) in [4.78, 5) is 16.9. The highest BCUT2D eigenvalue weighted by Crippen LogP contribution is 2.24. The van der Waals surface area contributed by atoms with Crippen molar-refractivity contribution in [1.82, 2.24) is 19.8 Å². The first kappa shape index (κ1) is 17.9. The minimum Gasteiger partial charge on any atom is -0.366 e. The molecule has 7 nitrogen and oxygen atoms in total. The molecule has 0 aliphatic carbocycles. The molecule has 136 valence electrons. The largest absolute Gasteiger partial charge is 0.366 e. The lowest BCUT2D eigenvalue weighted by atomic mass is 10.1. The molecule has 0 unspecified atom stereocenters. The maximum atomic E-state index is 12.5. The van der Waals surface area contributed by atoms with Crippen LogP contribution in [0.3, 0.4) is 0 Å². The van der Waals surface area contributed by atoms with Gasteiger partial charge in [-0.05, 0) is 27.7 Å². The number of rotatable bonds is 3. The van der Waals surface area contributed by atoms with Gasteiger partial charge in [-0.1, -0.05) is 16.8 Å². The van der Waals surface area contributed by atoms with Crippen molar-refractivity contribution in [1.29, 1.82) is 0 Å². The Labute approximate surface area is 152 Å².